The molecule has 0 aliphatic rings. The van der Waals surface area contributed by atoms with Crippen LogP contribution >= 0.6 is 0 Å². The van der Waals surface area contributed by atoms with Gasteiger partial charge < -0.3 is 9.84 Å². The van der Waals surface area contributed by atoms with Crippen LogP contribution in [0.15, 0.2) is 0 Å². The molecule has 0 bridgehead atoms. The van der Waals surface area contributed by atoms with Crippen molar-refractivity contribution in [3.63, 3.8) is 0 Å². The van der Waals surface area contributed by atoms with E-state index in [1.165, 1.54) is 57.8 Å². The molecule has 0 saturated carbocycles. The van der Waals surface area contributed by atoms with Gasteiger partial charge in [-0.05, 0) is 6.42 Å². The topological polar surface area (TPSA) is 93.1 Å². The van der Waals surface area contributed by atoms with Crippen molar-refractivity contribution < 1.29 is 27.0 Å². The molecule has 0 aromatic rings. The third-order valence-corrected chi connectivity index (χ3v) is 4.69. The summed E-state index contributed by atoms with van der Waals surface area (Å²) in [5.41, 5.74) is 0. The van der Waals surface area contributed by atoms with Gasteiger partial charge in [-0.3, -0.25) is 4.55 Å². The Morgan fingerprint density at radius 1 is 0.840 bits per heavy atom. The molecule has 0 aliphatic carbocycles. The first kappa shape index (κ1) is 24.8. The highest BCUT2D eigenvalue weighted by molar-refractivity contribution is 7.80. The van der Waals surface area contributed by atoms with Crippen LogP contribution in [0.2, 0.25) is 0 Å². The lowest BCUT2D eigenvalue weighted by Gasteiger charge is -2.15. The van der Waals surface area contributed by atoms with Gasteiger partial charge in [0.05, 0.1) is 19.8 Å². The quantitative estimate of drug-likeness (QED) is 0.256. The highest BCUT2D eigenvalue weighted by atomic mass is 32.3. The zero-order valence-electron chi connectivity index (χ0n) is 15.8. The second kappa shape index (κ2) is 17.2. The smallest absolute Gasteiger partial charge is 0.394 e. The molecule has 152 valence electrons. The van der Waals surface area contributed by atoms with Gasteiger partial charge in [0.1, 0.15) is 6.10 Å². The number of rotatable bonds is 19. The van der Waals surface area contributed by atoms with Gasteiger partial charge in [-0.25, -0.2) is 4.18 Å². The van der Waals surface area contributed by atoms with Crippen LogP contribution in [-0.4, -0.2) is 44.0 Å². The van der Waals surface area contributed by atoms with Crippen LogP contribution in [-0.2, 0) is 19.3 Å². The molecule has 0 fully saturated rings. The number of hydrogen-bond donors (Lipinski definition) is 2. The summed E-state index contributed by atoms with van der Waals surface area (Å²) in [6.07, 6.45) is 14.6. The number of ether oxygens (including phenoxy) is 1. The van der Waals surface area contributed by atoms with Crippen LogP contribution in [0.3, 0.4) is 0 Å². The van der Waals surface area contributed by atoms with Crippen LogP contribution in [0.25, 0.3) is 0 Å². The summed E-state index contributed by atoms with van der Waals surface area (Å²) in [5, 5.41) is 8.67. The molecule has 0 radical (unpaired) electrons. The van der Waals surface area contributed by atoms with E-state index in [4.69, 9.17) is 14.4 Å². The van der Waals surface area contributed by atoms with Gasteiger partial charge in [0.25, 0.3) is 0 Å². The average Bonchev–Trinajstić information content (AvgIpc) is 2.54. The zero-order chi connectivity index (χ0) is 18.8. The van der Waals surface area contributed by atoms with Gasteiger partial charge in [-0.1, -0.05) is 84.0 Å². The van der Waals surface area contributed by atoms with E-state index in [0.717, 1.165) is 19.3 Å². The summed E-state index contributed by atoms with van der Waals surface area (Å²) in [6.45, 7) is 2.29. The Labute approximate surface area is 154 Å². The Kier molecular flexibility index (Phi) is 17.1. The van der Waals surface area contributed by atoms with Crippen molar-refractivity contribution in [1.82, 2.24) is 0 Å². The van der Waals surface area contributed by atoms with E-state index in [-0.39, 0.29) is 19.8 Å². The van der Waals surface area contributed by atoms with E-state index in [2.05, 4.69) is 11.1 Å². The summed E-state index contributed by atoms with van der Waals surface area (Å²) < 4.78 is 40.1. The van der Waals surface area contributed by atoms with Crippen molar-refractivity contribution in [2.75, 3.05) is 19.8 Å². The molecule has 6 nitrogen and oxygen atoms in total. The Morgan fingerprint density at radius 2 is 1.32 bits per heavy atom. The molecule has 2 N–H and O–H groups in total. The van der Waals surface area contributed by atoms with Crippen molar-refractivity contribution in [1.29, 1.82) is 0 Å². The second-order valence-corrected chi connectivity index (χ2v) is 7.67. The number of hydrogen-bond acceptors (Lipinski definition) is 5. The second-order valence-electron chi connectivity index (χ2n) is 6.62. The number of aliphatic hydroxyl groups excluding tert-OH is 1. The Bertz CT molecular complexity index is 372. The molecule has 0 heterocycles. The number of unbranched alkanes of at least 4 members (excludes halogenated alkanes) is 11. The molecular weight excluding hydrogens is 344 g/mol. The first-order valence-corrected chi connectivity index (χ1v) is 11.2. The van der Waals surface area contributed by atoms with Gasteiger partial charge in [0.2, 0.25) is 0 Å². The van der Waals surface area contributed by atoms with E-state index >= 15 is 0 Å². The predicted octanol–water partition coefficient (Wildman–Crippen LogP) is 4.27. The molecule has 0 amide bonds. The Morgan fingerprint density at radius 3 is 1.76 bits per heavy atom. The first-order chi connectivity index (χ1) is 12.0. The van der Waals surface area contributed by atoms with Crippen molar-refractivity contribution in [2.24, 2.45) is 0 Å². The molecule has 0 spiro atoms. The maximum Gasteiger partial charge on any atom is 0.397 e. The minimum absolute atomic E-state index is 0.0539. The van der Waals surface area contributed by atoms with E-state index < -0.39 is 16.5 Å². The van der Waals surface area contributed by atoms with E-state index in [9.17, 15) is 8.42 Å². The van der Waals surface area contributed by atoms with E-state index in [1.54, 1.807) is 0 Å². The van der Waals surface area contributed by atoms with Crippen LogP contribution in [0.5, 0.6) is 0 Å². The molecule has 0 aromatic heterocycles. The Hall–Kier alpha value is -0.210. The minimum Gasteiger partial charge on any atom is -0.394 e. The maximum absolute atomic E-state index is 10.8. The van der Waals surface area contributed by atoms with Crippen molar-refractivity contribution in [3.8, 4) is 0 Å². The molecule has 0 rings (SSSR count). The van der Waals surface area contributed by atoms with Gasteiger partial charge in [0, 0.05) is 0 Å². The third-order valence-electron chi connectivity index (χ3n) is 4.18. The van der Waals surface area contributed by atoms with Crippen molar-refractivity contribution in [2.45, 2.75) is 96.5 Å². The Balaban J connectivity index is 3.57. The molecule has 0 aliphatic heterocycles. The molecular formula is C18H38O6S. The predicted molar refractivity (Wildman–Crippen MR) is 100 cm³/mol. The minimum atomic E-state index is -4.47. The molecule has 1 atom stereocenters. The molecule has 7 heteroatoms. The van der Waals surface area contributed by atoms with Crippen LogP contribution in [0, 0.1) is 0 Å². The maximum atomic E-state index is 10.8. The summed E-state index contributed by atoms with van der Waals surface area (Å²) in [5.74, 6) is 0. The highest BCUT2D eigenvalue weighted by Gasteiger charge is 2.17. The van der Waals surface area contributed by atoms with Gasteiger partial charge in [-0.15, -0.1) is 0 Å². The molecule has 0 aromatic carbocycles. The average molecular weight is 383 g/mol. The fourth-order valence-electron chi connectivity index (χ4n) is 2.82. The number of aliphatic hydroxyl groups is 1. The molecule has 25 heavy (non-hydrogen) atoms. The summed E-state index contributed by atoms with van der Waals surface area (Å²) in [6, 6.07) is 0. The zero-order valence-corrected chi connectivity index (χ0v) is 16.6. The summed E-state index contributed by atoms with van der Waals surface area (Å²) in [4.78, 5) is 0. The lowest BCUT2D eigenvalue weighted by Crippen LogP contribution is -2.24. The van der Waals surface area contributed by atoms with Crippen molar-refractivity contribution in [3.05, 3.63) is 0 Å². The molecule has 0 saturated heterocycles. The fourth-order valence-corrected chi connectivity index (χ4v) is 3.32. The standard InChI is InChI=1S/C18H38O6S/c1-2-3-4-5-6-7-8-9-10-11-12-13-14-18(17-23-16-15-19)24-25(20,21)22/h18-19H,2-17H2,1H3,(H,20,21,22). The normalized spacial score (nSPS) is 13.2. The highest BCUT2D eigenvalue weighted by Crippen LogP contribution is 2.14. The van der Waals surface area contributed by atoms with Gasteiger partial charge in [0.15, 0.2) is 0 Å². The van der Waals surface area contributed by atoms with E-state index in [0.29, 0.717) is 6.42 Å². The third kappa shape index (κ3) is 20.0. The lowest BCUT2D eigenvalue weighted by atomic mass is 10.0. The molecule has 1 unspecified atom stereocenters. The van der Waals surface area contributed by atoms with Gasteiger partial charge in [-0.2, -0.15) is 8.42 Å². The van der Waals surface area contributed by atoms with Crippen LogP contribution in [0.1, 0.15) is 90.4 Å². The largest absolute Gasteiger partial charge is 0.397 e. The van der Waals surface area contributed by atoms with Crippen LogP contribution in [0.4, 0.5) is 0 Å². The van der Waals surface area contributed by atoms with Gasteiger partial charge >= 0.3 is 10.4 Å². The fraction of sp³-hybridized carbons (Fsp3) is 1.00. The van der Waals surface area contributed by atoms with E-state index in [1.807, 2.05) is 0 Å². The monoisotopic (exact) mass is 382 g/mol. The first-order valence-electron chi connectivity index (χ1n) is 9.84. The SMILES string of the molecule is CCCCCCCCCCCCCCC(COCCO)OS(=O)(=O)O. The lowest BCUT2D eigenvalue weighted by molar-refractivity contribution is 0.0262. The van der Waals surface area contributed by atoms with Crippen molar-refractivity contribution >= 4 is 10.4 Å². The summed E-state index contributed by atoms with van der Waals surface area (Å²) >= 11 is 0. The van der Waals surface area contributed by atoms with Crippen LogP contribution < -0.4 is 0 Å². The summed E-state index contributed by atoms with van der Waals surface area (Å²) in [7, 11) is -4.47.